The molecule has 0 N–H and O–H groups in total. The molecule has 0 unspecified atom stereocenters. The number of carboxylic acids is 2. The Morgan fingerprint density at radius 2 is 1.00 bits per heavy atom. The summed E-state index contributed by atoms with van der Waals surface area (Å²) in [5, 5.41) is 25.3. The first kappa shape index (κ1) is 22.3. The van der Waals surface area contributed by atoms with E-state index in [1.807, 2.05) is 50.2 Å². The Labute approximate surface area is 181 Å². The molecule has 4 nitrogen and oxygen atoms in total. The second-order valence-electron chi connectivity index (χ2n) is 6.60. The van der Waals surface area contributed by atoms with E-state index < -0.39 is 11.9 Å². The van der Waals surface area contributed by atoms with E-state index in [0.29, 0.717) is 0 Å². The molecule has 4 aromatic carbocycles. The quantitative estimate of drug-likeness (QED) is 0.453. The molecular weight excluding hydrogens is 418 g/mol. The van der Waals surface area contributed by atoms with Crippen molar-refractivity contribution in [3.63, 3.8) is 0 Å². The summed E-state index contributed by atoms with van der Waals surface area (Å²) in [7, 11) is 0. The Bertz CT molecular complexity index is 1100. The Hall–Kier alpha value is -3.04. The van der Waals surface area contributed by atoms with Gasteiger partial charge in [-0.05, 0) is 69.8 Å². The van der Waals surface area contributed by atoms with Crippen LogP contribution in [-0.2, 0) is 19.5 Å². The van der Waals surface area contributed by atoms with Gasteiger partial charge in [-0.15, -0.1) is 0 Å². The van der Waals surface area contributed by atoms with Crippen LogP contribution in [0.3, 0.4) is 0 Å². The number of benzene rings is 4. The minimum absolute atomic E-state index is 0. The fourth-order valence-electron chi connectivity index (χ4n) is 3.11. The minimum atomic E-state index is -1.13. The molecule has 0 saturated carbocycles. The molecule has 29 heavy (non-hydrogen) atoms. The van der Waals surface area contributed by atoms with Gasteiger partial charge in [-0.2, -0.15) is 0 Å². The molecular formula is C24H18O4Zn. The van der Waals surface area contributed by atoms with Gasteiger partial charge in [-0.1, -0.05) is 60.7 Å². The van der Waals surface area contributed by atoms with Gasteiger partial charge in [-0.25, -0.2) is 0 Å². The number of hydrogen-bond donors (Lipinski definition) is 0. The van der Waals surface area contributed by atoms with E-state index in [0.717, 1.165) is 32.7 Å². The topological polar surface area (TPSA) is 80.3 Å². The average molecular weight is 436 g/mol. The number of carboxylic acid groups (broad SMARTS) is 2. The standard InChI is InChI=1S/2C12H10O2.Zn/c2*1-8-3-2-4-9-5-6-10(12(13)14)7-11(8)9;/h2*2-7H,1H3,(H,13,14);/q;;+2/p-2. The summed E-state index contributed by atoms with van der Waals surface area (Å²) in [6.45, 7) is 3.92. The predicted octanol–water partition coefficient (Wildman–Crippen LogP) is 3.02. The fraction of sp³-hybridized carbons (Fsp3) is 0.0833. The van der Waals surface area contributed by atoms with Crippen LogP contribution in [-0.4, -0.2) is 11.9 Å². The first-order valence-electron chi connectivity index (χ1n) is 8.78. The Balaban J connectivity index is 0.000000200. The summed E-state index contributed by atoms with van der Waals surface area (Å²) >= 11 is 0. The van der Waals surface area contributed by atoms with E-state index in [1.165, 1.54) is 0 Å². The van der Waals surface area contributed by atoms with Crippen molar-refractivity contribution in [2.75, 3.05) is 0 Å². The summed E-state index contributed by atoms with van der Waals surface area (Å²) in [6.07, 6.45) is 0. The number of carbonyl (C=O) groups excluding carboxylic acids is 2. The third-order valence-corrected chi connectivity index (χ3v) is 4.67. The van der Waals surface area contributed by atoms with Gasteiger partial charge in [0.15, 0.2) is 0 Å². The van der Waals surface area contributed by atoms with Crippen LogP contribution >= 0.6 is 0 Å². The van der Waals surface area contributed by atoms with Crippen LogP contribution < -0.4 is 10.2 Å². The fourth-order valence-corrected chi connectivity index (χ4v) is 3.11. The van der Waals surface area contributed by atoms with Crippen molar-refractivity contribution >= 4 is 33.5 Å². The molecule has 0 aliphatic heterocycles. The summed E-state index contributed by atoms with van der Waals surface area (Å²) in [4.78, 5) is 21.3. The molecule has 0 aromatic heterocycles. The van der Waals surface area contributed by atoms with Crippen molar-refractivity contribution in [1.29, 1.82) is 0 Å². The van der Waals surface area contributed by atoms with Crippen molar-refractivity contribution in [1.82, 2.24) is 0 Å². The molecule has 0 heterocycles. The van der Waals surface area contributed by atoms with Crippen molar-refractivity contribution in [2.45, 2.75) is 13.8 Å². The number of carbonyl (C=O) groups is 2. The largest absolute Gasteiger partial charge is 2.00 e. The zero-order valence-corrected chi connectivity index (χ0v) is 19.2. The van der Waals surface area contributed by atoms with E-state index in [2.05, 4.69) is 0 Å². The number of aryl methyl sites for hydroxylation is 2. The molecule has 0 saturated heterocycles. The molecule has 0 aliphatic carbocycles. The van der Waals surface area contributed by atoms with Gasteiger partial charge in [0, 0.05) is 0 Å². The molecule has 4 rings (SSSR count). The number of fused-ring (bicyclic) bond motifs is 2. The van der Waals surface area contributed by atoms with Gasteiger partial charge in [0.25, 0.3) is 0 Å². The second kappa shape index (κ2) is 9.44. The normalized spacial score (nSPS) is 10.0. The third-order valence-electron chi connectivity index (χ3n) is 4.67. The average Bonchev–Trinajstić information content (AvgIpc) is 2.68. The Morgan fingerprint density at radius 3 is 1.34 bits per heavy atom. The predicted molar refractivity (Wildman–Crippen MR) is 106 cm³/mol. The maximum Gasteiger partial charge on any atom is 2.00 e. The first-order chi connectivity index (χ1) is 13.4. The maximum atomic E-state index is 10.6. The Morgan fingerprint density at radius 1 is 0.621 bits per heavy atom. The van der Waals surface area contributed by atoms with E-state index in [-0.39, 0.29) is 30.6 Å². The summed E-state index contributed by atoms with van der Waals surface area (Å²) in [5.74, 6) is -2.26. The van der Waals surface area contributed by atoms with Crippen LogP contribution in [0, 0.1) is 13.8 Å². The zero-order valence-electron chi connectivity index (χ0n) is 16.3. The third kappa shape index (κ3) is 5.07. The summed E-state index contributed by atoms with van der Waals surface area (Å²) in [5.41, 5.74) is 2.61. The summed E-state index contributed by atoms with van der Waals surface area (Å²) < 4.78 is 0. The molecule has 0 amide bonds. The van der Waals surface area contributed by atoms with E-state index >= 15 is 0 Å². The SMILES string of the molecule is Cc1cccc2ccc(C(=O)[O-])cc12.Cc1cccc2ccc(C(=O)[O-])cc12.[Zn+2]. The molecule has 4 aromatic rings. The van der Waals surface area contributed by atoms with Crippen LogP contribution in [0.15, 0.2) is 72.8 Å². The van der Waals surface area contributed by atoms with E-state index in [1.54, 1.807) is 36.4 Å². The molecule has 0 radical (unpaired) electrons. The number of aromatic carboxylic acids is 2. The molecule has 5 heteroatoms. The molecule has 0 spiro atoms. The van der Waals surface area contributed by atoms with Crippen LogP contribution in [0.4, 0.5) is 0 Å². The van der Waals surface area contributed by atoms with Crippen molar-refractivity contribution in [2.24, 2.45) is 0 Å². The monoisotopic (exact) mass is 434 g/mol. The maximum absolute atomic E-state index is 10.6. The summed E-state index contributed by atoms with van der Waals surface area (Å²) in [6, 6.07) is 21.8. The van der Waals surface area contributed by atoms with Crippen LogP contribution in [0.2, 0.25) is 0 Å². The van der Waals surface area contributed by atoms with Gasteiger partial charge < -0.3 is 19.8 Å². The van der Waals surface area contributed by atoms with Crippen molar-refractivity contribution < 1.29 is 39.3 Å². The smallest absolute Gasteiger partial charge is 0.545 e. The zero-order chi connectivity index (χ0) is 20.3. The van der Waals surface area contributed by atoms with Crippen LogP contribution in [0.1, 0.15) is 31.8 Å². The van der Waals surface area contributed by atoms with Gasteiger partial charge in [-0.3, -0.25) is 0 Å². The van der Waals surface area contributed by atoms with Crippen LogP contribution in [0.5, 0.6) is 0 Å². The first-order valence-corrected chi connectivity index (χ1v) is 8.78. The molecule has 0 aliphatic rings. The molecule has 0 atom stereocenters. The van der Waals surface area contributed by atoms with E-state index in [9.17, 15) is 19.8 Å². The molecule has 140 valence electrons. The van der Waals surface area contributed by atoms with Gasteiger partial charge in [0.05, 0.1) is 11.9 Å². The molecule has 0 bridgehead atoms. The van der Waals surface area contributed by atoms with E-state index in [4.69, 9.17) is 0 Å². The van der Waals surface area contributed by atoms with Gasteiger partial charge in [0.2, 0.25) is 0 Å². The number of hydrogen-bond acceptors (Lipinski definition) is 4. The number of rotatable bonds is 2. The molecule has 0 fully saturated rings. The van der Waals surface area contributed by atoms with Gasteiger partial charge >= 0.3 is 19.5 Å². The van der Waals surface area contributed by atoms with Crippen molar-refractivity contribution in [3.05, 3.63) is 95.1 Å². The second-order valence-corrected chi connectivity index (χ2v) is 6.60. The van der Waals surface area contributed by atoms with Crippen molar-refractivity contribution in [3.8, 4) is 0 Å². The van der Waals surface area contributed by atoms with Gasteiger partial charge in [0.1, 0.15) is 0 Å². The van der Waals surface area contributed by atoms with Crippen LogP contribution in [0.25, 0.3) is 21.5 Å². The minimum Gasteiger partial charge on any atom is -0.545 e. The Kier molecular flexibility index (Phi) is 7.25.